The first-order valence-corrected chi connectivity index (χ1v) is 10.1. The second-order valence-electron chi connectivity index (χ2n) is 6.74. The van der Waals surface area contributed by atoms with Crippen LogP contribution in [-0.4, -0.2) is 30.7 Å². The van der Waals surface area contributed by atoms with Gasteiger partial charge in [-0.2, -0.15) is 0 Å². The van der Waals surface area contributed by atoms with E-state index in [1.165, 1.54) is 23.5 Å². The molecule has 146 valence electrons. The summed E-state index contributed by atoms with van der Waals surface area (Å²) < 4.78 is 25.3. The topological polar surface area (TPSA) is 60.5 Å². The van der Waals surface area contributed by atoms with Crippen LogP contribution in [0.4, 0.5) is 9.52 Å². The van der Waals surface area contributed by atoms with Gasteiger partial charge in [0.05, 0.1) is 22.2 Å². The van der Waals surface area contributed by atoms with Crippen LogP contribution < -0.4 is 10.1 Å². The lowest BCUT2D eigenvalue weighted by molar-refractivity contribution is -0.125. The summed E-state index contributed by atoms with van der Waals surface area (Å²) in [6.07, 6.45) is 1.09. The van der Waals surface area contributed by atoms with E-state index in [9.17, 15) is 9.18 Å². The van der Waals surface area contributed by atoms with Crippen LogP contribution in [0.3, 0.4) is 0 Å². The van der Waals surface area contributed by atoms with E-state index in [0.29, 0.717) is 37.8 Å². The maximum absolute atomic E-state index is 13.4. The number of anilines is 1. The molecule has 0 bridgehead atoms. The molecule has 0 atom stereocenters. The molecule has 5 nitrogen and oxygen atoms in total. The lowest BCUT2D eigenvalue weighted by Crippen LogP contribution is -2.44. The van der Waals surface area contributed by atoms with Crippen molar-refractivity contribution in [3.8, 4) is 5.75 Å². The highest BCUT2D eigenvalue weighted by Gasteiger charge is 2.42. The minimum atomic E-state index is -0.750. The summed E-state index contributed by atoms with van der Waals surface area (Å²) >= 11 is 1.41. The molecule has 1 fully saturated rings. The summed E-state index contributed by atoms with van der Waals surface area (Å²) in [6.45, 7) is 3.51. The quantitative estimate of drug-likeness (QED) is 0.684. The number of thiazole rings is 1. The molecule has 1 aliphatic heterocycles. The third kappa shape index (κ3) is 3.59. The molecular formula is C21H21FN2O3S. The number of hydrogen-bond donors (Lipinski definition) is 1. The van der Waals surface area contributed by atoms with Crippen LogP contribution in [0.2, 0.25) is 0 Å². The van der Waals surface area contributed by atoms with E-state index in [4.69, 9.17) is 9.47 Å². The predicted octanol–water partition coefficient (Wildman–Crippen LogP) is 4.52. The van der Waals surface area contributed by atoms with Gasteiger partial charge in [-0.3, -0.25) is 4.79 Å². The Hall–Kier alpha value is -2.51. The zero-order chi connectivity index (χ0) is 19.6. The number of benzene rings is 2. The van der Waals surface area contributed by atoms with Crippen LogP contribution >= 0.6 is 11.3 Å². The van der Waals surface area contributed by atoms with E-state index < -0.39 is 5.41 Å². The van der Waals surface area contributed by atoms with E-state index in [-0.39, 0.29) is 11.7 Å². The van der Waals surface area contributed by atoms with Crippen molar-refractivity contribution in [3.63, 3.8) is 0 Å². The molecule has 1 aromatic heterocycles. The highest BCUT2D eigenvalue weighted by Crippen LogP contribution is 2.37. The molecule has 1 N–H and O–H groups in total. The Morgan fingerprint density at radius 3 is 2.71 bits per heavy atom. The molecule has 2 aromatic carbocycles. The molecule has 1 aliphatic rings. The zero-order valence-corrected chi connectivity index (χ0v) is 16.4. The van der Waals surface area contributed by atoms with Crippen LogP contribution in [0, 0.1) is 5.82 Å². The fourth-order valence-electron chi connectivity index (χ4n) is 3.57. The SMILES string of the molecule is CCOc1ccc2nc(NC(=O)C3(c4ccc(F)cc4)CCOCC3)sc2c1. The first kappa shape index (κ1) is 18.8. The molecule has 0 spiro atoms. The summed E-state index contributed by atoms with van der Waals surface area (Å²) in [5.74, 6) is 0.331. The summed E-state index contributed by atoms with van der Waals surface area (Å²) in [5, 5.41) is 3.53. The van der Waals surface area contributed by atoms with Gasteiger partial charge in [0.25, 0.3) is 0 Å². The Bertz CT molecular complexity index is 981. The summed E-state index contributed by atoms with van der Waals surface area (Å²) in [7, 11) is 0. The van der Waals surface area contributed by atoms with Crippen molar-refractivity contribution < 1.29 is 18.7 Å². The number of carbonyl (C=O) groups excluding carboxylic acids is 1. The fourth-order valence-corrected chi connectivity index (χ4v) is 4.46. The minimum absolute atomic E-state index is 0.133. The number of rotatable bonds is 5. The minimum Gasteiger partial charge on any atom is -0.494 e. The van der Waals surface area contributed by atoms with Crippen molar-refractivity contribution >= 4 is 32.6 Å². The van der Waals surface area contributed by atoms with Crippen LogP contribution in [-0.2, 0) is 14.9 Å². The van der Waals surface area contributed by atoms with Crippen molar-refractivity contribution in [3.05, 3.63) is 53.8 Å². The van der Waals surface area contributed by atoms with E-state index in [2.05, 4.69) is 10.3 Å². The molecule has 28 heavy (non-hydrogen) atoms. The largest absolute Gasteiger partial charge is 0.494 e. The number of nitrogens with zero attached hydrogens (tertiary/aromatic N) is 1. The monoisotopic (exact) mass is 400 g/mol. The number of fused-ring (bicyclic) bond motifs is 1. The van der Waals surface area contributed by atoms with Crippen LogP contribution in [0.15, 0.2) is 42.5 Å². The lowest BCUT2D eigenvalue weighted by Gasteiger charge is -2.35. The standard InChI is InChI=1S/C21H21FN2O3S/c1-2-27-16-7-8-17-18(13-16)28-20(23-17)24-19(25)21(9-11-26-12-10-21)14-3-5-15(22)6-4-14/h3-8,13H,2,9-12H2,1H3,(H,23,24,25). The van der Waals surface area contributed by atoms with Gasteiger partial charge in [-0.25, -0.2) is 9.37 Å². The first-order chi connectivity index (χ1) is 13.6. The van der Waals surface area contributed by atoms with Crippen molar-refractivity contribution in [1.82, 2.24) is 4.98 Å². The fraction of sp³-hybridized carbons (Fsp3) is 0.333. The van der Waals surface area contributed by atoms with E-state index in [0.717, 1.165) is 21.5 Å². The number of carbonyl (C=O) groups is 1. The number of aromatic nitrogens is 1. The van der Waals surface area contributed by atoms with Gasteiger partial charge in [0.2, 0.25) is 5.91 Å². The molecule has 0 unspecified atom stereocenters. The number of hydrogen-bond acceptors (Lipinski definition) is 5. The maximum Gasteiger partial charge on any atom is 0.236 e. The van der Waals surface area contributed by atoms with Gasteiger partial charge in [0, 0.05) is 13.2 Å². The molecule has 1 amide bonds. The average Bonchev–Trinajstić information content (AvgIpc) is 3.11. The summed E-state index contributed by atoms with van der Waals surface area (Å²) in [4.78, 5) is 17.8. The second-order valence-corrected chi connectivity index (χ2v) is 7.77. The summed E-state index contributed by atoms with van der Waals surface area (Å²) in [6, 6.07) is 11.8. The molecule has 3 aromatic rings. The van der Waals surface area contributed by atoms with Crippen LogP contribution in [0.5, 0.6) is 5.75 Å². The van der Waals surface area contributed by atoms with Crippen molar-refractivity contribution in [1.29, 1.82) is 0 Å². The van der Waals surface area contributed by atoms with Gasteiger partial charge in [-0.15, -0.1) is 0 Å². The number of nitrogens with one attached hydrogen (secondary N) is 1. The summed E-state index contributed by atoms with van der Waals surface area (Å²) in [5.41, 5.74) is 0.862. The molecule has 0 aliphatic carbocycles. The Balaban J connectivity index is 1.62. The van der Waals surface area contributed by atoms with Gasteiger partial charge in [-0.1, -0.05) is 23.5 Å². The van der Waals surface area contributed by atoms with E-state index in [1.807, 2.05) is 25.1 Å². The van der Waals surface area contributed by atoms with Crippen LogP contribution in [0.1, 0.15) is 25.3 Å². The molecule has 1 saturated heterocycles. The second kappa shape index (κ2) is 7.85. The van der Waals surface area contributed by atoms with E-state index >= 15 is 0 Å². The maximum atomic E-state index is 13.4. The number of ether oxygens (including phenoxy) is 2. The first-order valence-electron chi connectivity index (χ1n) is 9.29. The highest BCUT2D eigenvalue weighted by atomic mass is 32.1. The van der Waals surface area contributed by atoms with Crippen molar-refractivity contribution in [2.45, 2.75) is 25.2 Å². The Kier molecular flexibility index (Phi) is 5.28. The highest BCUT2D eigenvalue weighted by molar-refractivity contribution is 7.22. The number of halogens is 1. The van der Waals surface area contributed by atoms with Crippen molar-refractivity contribution in [2.24, 2.45) is 0 Å². The van der Waals surface area contributed by atoms with Crippen molar-refractivity contribution in [2.75, 3.05) is 25.1 Å². The molecular weight excluding hydrogens is 379 g/mol. The lowest BCUT2D eigenvalue weighted by atomic mass is 9.73. The molecule has 7 heteroatoms. The molecule has 2 heterocycles. The van der Waals surface area contributed by atoms with Gasteiger partial charge >= 0.3 is 0 Å². The molecule has 0 saturated carbocycles. The average molecular weight is 400 g/mol. The third-order valence-electron chi connectivity index (χ3n) is 5.07. The molecule has 4 rings (SSSR count). The van der Waals surface area contributed by atoms with Gasteiger partial charge in [0.1, 0.15) is 11.6 Å². The Morgan fingerprint density at radius 2 is 2.00 bits per heavy atom. The smallest absolute Gasteiger partial charge is 0.236 e. The van der Waals surface area contributed by atoms with Crippen LogP contribution in [0.25, 0.3) is 10.2 Å². The third-order valence-corrected chi connectivity index (χ3v) is 6.00. The van der Waals surface area contributed by atoms with E-state index in [1.54, 1.807) is 12.1 Å². The van der Waals surface area contributed by atoms with Gasteiger partial charge < -0.3 is 14.8 Å². The zero-order valence-electron chi connectivity index (χ0n) is 15.5. The Morgan fingerprint density at radius 1 is 1.25 bits per heavy atom. The van der Waals surface area contributed by atoms with Gasteiger partial charge in [0.15, 0.2) is 5.13 Å². The predicted molar refractivity (Wildman–Crippen MR) is 108 cm³/mol. The van der Waals surface area contributed by atoms with Gasteiger partial charge in [-0.05, 0) is 55.7 Å². The number of amides is 1. The normalized spacial score (nSPS) is 16.1. The Labute approximate surface area is 166 Å². The molecule has 0 radical (unpaired) electrons.